The predicted molar refractivity (Wildman–Crippen MR) is 114 cm³/mol. The van der Waals surface area contributed by atoms with Crippen molar-refractivity contribution in [2.24, 2.45) is 0 Å². The van der Waals surface area contributed by atoms with Gasteiger partial charge >= 0.3 is 0 Å². The molecule has 0 bridgehead atoms. The molecule has 0 aliphatic carbocycles. The number of hydrogen-bond donors (Lipinski definition) is 0. The highest BCUT2D eigenvalue weighted by Crippen LogP contribution is 2.28. The molecule has 0 N–H and O–H groups in total. The molecule has 0 unspecified atom stereocenters. The van der Waals surface area contributed by atoms with E-state index >= 15 is 0 Å². The van der Waals surface area contributed by atoms with Gasteiger partial charge in [-0.1, -0.05) is 30.3 Å². The Morgan fingerprint density at radius 1 is 0.931 bits per heavy atom. The van der Waals surface area contributed by atoms with Gasteiger partial charge in [0.05, 0.1) is 0 Å². The molecule has 154 valence electrons. The molecule has 1 aromatic carbocycles. The van der Waals surface area contributed by atoms with Gasteiger partial charge in [-0.3, -0.25) is 9.59 Å². The molecule has 0 atom stereocenters. The van der Waals surface area contributed by atoms with E-state index in [1.54, 1.807) is 11.9 Å². The summed E-state index contributed by atoms with van der Waals surface area (Å²) in [6.45, 7) is 4.73. The minimum absolute atomic E-state index is 0.0289. The van der Waals surface area contributed by atoms with Gasteiger partial charge in [0.2, 0.25) is 0 Å². The van der Waals surface area contributed by atoms with Crippen molar-refractivity contribution < 1.29 is 9.59 Å². The van der Waals surface area contributed by atoms with Crippen LogP contribution >= 0.6 is 0 Å². The maximum absolute atomic E-state index is 12.6. The molecule has 1 amide bonds. The van der Waals surface area contributed by atoms with E-state index in [0.717, 1.165) is 39.0 Å². The molecular weight excluding hydrogens is 362 g/mol. The maximum atomic E-state index is 12.6. The van der Waals surface area contributed by atoms with Crippen LogP contribution in [0, 0.1) is 0 Å². The minimum Gasteiger partial charge on any atom is -0.343 e. The lowest BCUT2D eigenvalue weighted by molar-refractivity contribution is 0.0787. The van der Waals surface area contributed by atoms with Crippen molar-refractivity contribution >= 4 is 11.7 Å². The van der Waals surface area contributed by atoms with E-state index in [2.05, 4.69) is 35.2 Å². The van der Waals surface area contributed by atoms with Crippen molar-refractivity contribution in [1.82, 2.24) is 14.4 Å². The average Bonchev–Trinajstić information content (AvgIpc) is 3.15. The third kappa shape index (κ3) is 4.45. The Morgan fingerprint density at radius 3 is 2.41 bits per heavy atom. The zero-order valence-electron chi connectivity index (χ0n) is 17.3. The second-order valence-corrected chi connectivity index (χ2v) is 8.41. The van der Waals surface area contributed by atoms with Crippen molar-refractivity contribution in [2.75, 3.05) is 33.2 Å². The lowest BCUT2D eigenvalue weighted by atomic mass is 9.89. The zero-order valence-corrected chi connectivity index (χ0v) is 17.3. The van der Waals surface area contributed by atoms with E-state index < -0.39 is 0 Å². The molecule has 1 aromatic heterocycles. The number of benzene rings is 1. The molecule has 29 heavy (non-hydrogen) atoms. The minimum atomic E-state index is -0.0289. The molecule has 5 heteroatoms. The lowest BCUT2D eigenvalue weighted by Crippen LogP contribution is -2.33. The largest absolute Gasteiger partial charge is 0.343 e. The summed E-state index contributed by atoms with van der Waals surface area (Å²) >= 11 is 0. The van der Waals surface area contributed by atoms with Gasteiger partial charge in [0, 0.05) is 38.3 Å². The number of carbonyl (C=O) groups is 2. The van der Waals surface area contributed by atoms with Crippen LogP contribution in [0.15, 0.2) is 42.6 Å². The zero-order chi connectivity index (χ0) is 20.2. The lowest BCUT2D eigenvalue weighted by Gasteiger charge is -2.32. The van der Waals surface area contributed by atoms with Crippen LogP contribution in [0.1, 0.15) is 64.4 Å². The normalized spacial score (nSPS) is 18.7. The smallest absolute Gasteiger partial charge is 0.270 e. The van der Waals surface area contributed by atoms with Gasteiger partial charge in [-0.2, -0.15) is 0 Å². The van der Waals surface area contributed by atoms with Crippen LogP contribution in [0.2, 0.25) is 0 Å². The SMILES string of the molecule is CN1CCC(=O)c2ccn(CCCCN3CCC(c4ccccc4)CC3)c2C1=O. The molecule has 4 rings (SSSR count). The fraction of sp³-hybridized carbons (Fsp3) is 0.500. The molecule has 2 aliphatic rings. The third-order valence-corrected chi connectivity index (χ3v) is 6.47. The first-order valence-corrected chi connectivity index (χ1v) is 10.9. The van der Waals surface area contributed by atoms with Crippen molar-refractivity contribution in [3.05, 3.63) is 59.4 Å². The number of ketones is 1. The number of aromatic nitrogens is 1. The van der Waals surface area contributed by atoms with Crippen LogP contribution in [0.5, 0.6) is 0 Å². The molecule has 5 nitrogen and oxygen atoms in total. The summed E-state index contributed by atoms with van der Waals surface area (Å²) in [5.41, 5.74) is 2.66. The summed E-state index contributed by atoms with van der Waals surface area (Å²) < 4.78 is 1.99. The van der Waals surface area contributed by atoms with Crippen molar-refractivity contribution in [3.63, 3.8) is 0 Å². The highest BCUT2D eigenvalue weighted by Gasteiger charge is 2.28. The maximum Gasteiger partial charge on any atom is 0.270 e. The summed E-state index contributed by atoms with van der Waals surface area (Å²) in [4.78, 5) is 29.1. The van der Waals surface area contributed by atoms with Crippen LogP contribution < -0.4 is 0 Å². The van der Waals surface area contributed by atoms with E-state index in [4.69, 9.17) is 0 Å². The van der Waals surface area contributed by atoms with Crippen molar-refractivity contribution in [3.8, 4) is 0 Å². The molecule has 2 aromatic rings. The Hall–Kier alpha value is -2.40. The van der Waals surface area contributed by atoms with E-state index in [1.807, 2.05) is 16.8 Å². The van der Waals surface area contributed by atoms with Crippen LogP contribution in [0.3, 0.4) is 0 Å². The number of likely N-dealkylation sites (tertiary alicyclic amines) is 1. The highest BCUT2D eigenvalue weighted by molar-refractivity contribution is 6.08. The van der Waals surface area contributed by atoms with Gasteiger partial charge < -0.3 is 14.4 Å². The van der Waals surface area contributed by atoms with Crippen LogP contribution in [0.25, 0.3) is 0 Å². The molecule has 3 heterocycles. The van der Waals surface area contributed by atoms with Crippen LogP contribution in [-0.4, -0.2) is 59.3 Å². The van der Waals surface area contributed by atoms with Gasteiger partial charge in [-0.25, -0.2) is 0 Å². The van der Waals surface area contributed by atoms with Gasteiger partial charge in [0.25, 0.3) is 5.91 Å². The number of piperidine rings is 1. The third-order valence-electron chi connectivity index (χ3n) is 6.47. The fourth-order valence-corrected chi connectivity index (χ4v) is 4.64. The van der Waals surface area contributed by atoms with Crippen LogP contribution in [0.4, 0.5) is 0 Å². The monoisotopic (exact) mass is 393 g/mol. The van der Waals surface area contributed by atoms with Gasteiger partial charge in [-0.05, 0) is 62.9 Å². The second-order valence-electron chi connectivity index (χ2n) is 8.41. The van der Waals surface area contributed by atoms with E-state index in [9.17, 15) is 9.59 Å². The van der Waals surface area contributed by atoms with Gasteiger partial charge in [0.15, 0.2) is 5.78 Å². The number of nitrogens with zero attached hydrogens (tertiary/aromatic N) is 3. The summed E-state index contributed by atoms with van der Waals surface area (Å²) in [5.74, 6) is 0.750. The van der Waals surface area contributed by atoms with E-state index in [-0.39, 0.29) is 11.7 Å². The number of unbranched alkanes of at least 4 members (excludes halogenated alkanes) is 1. The van der Waals surface area contributed by atoms with Crippen molar-refractivity contribution in [1.29, 1.82) is 0 Å². The first-order valence-electron chi connectivity index (χ1n) is 10.9. The number of rotatable bonds is 6. The number of amides is 1. The number of hydrogen-bond acceptors (Lipinski definition) is 3. The Kier molecular flexibility index (Phi) is 6.14. The molecule has 0 radical (unpaired) electrons. The molecule has 2 aliphatic heterocycles. The summed E-state index contributed by atoms with van der Waals surface area (Å²) in [7, 11) is 1.78. The van der Waals surface area contributed by atoms with E-state index in [0.29, 0.717) is 30.1 Å². The Labute approximate surface area is 173 Å². The van der Waals surface area contributed by atoms with Gasteiger partial charge in [0.1, 0.15) is 5.69 Å². The number of fused-ring (bicyclic) bond motifs is 1. The summed E-state index contributed by atoms with van der Waals surface area (Å²) in [5, 5.41) is 0. The second kappa shape index (κ2) is 8.95. The van der Waals surface area contributed by atoms with E-state index in [1.165, 1.54) is 18.4 Å². The van der Waals surface area contributed by atoms with Crippen LogP contribution in [-0.2, 0) is 6.54 Å². The Balaban J connectivity index is 1.25. The van der Waals surface area contributed by atoms with Gasteiger partial charge in [-0.15, -0.1) is 0 Å². The quantitative estimate of drug-likeness (QED) is 0.701. The standard InChI is InChI=1S/C24H31N3O2/c1-25-15-12-22(28)21-11-18-27(23(21)24(25)29)14-6-5-13-26-16-9-20(10-17-26)19-7-3-2-4-8-19/h2-4,7-8,11,18,20H,5-6,9-10,12-17H2,1H3. The molecule has 1 fully saturated rings. The van der Waals surface area contributed by atoms with Crippen molar-refractivity contribution in [2.45, 2.75) is 44.6 Å². The number of carbonyl (C=O) groups excluding carboxylic acids is 2. The molecular formula is C24H31N3O2. The highest BCUT2D eigenvalue weighted by atomic mass is 16.2. The topological polar surface area (TPSA) is 45.6 Å². The Morgan fingerprint density at radius 2 is 1.66 bits per heavy atom. The first kappa shape index (κ1) is 19.9. The average molecular weight is 394 g/mol. The number of Topliss-reactive ketones (excluding diaryl/α,β-unsaturated/α-hetero) is 1. The number of aryl methyl sites for hydroxylation is 1. The summed E-state index contributed by atoms with van der Waals surface area (Å²) in [6, 6.07) is 12.7. The molecule has 0 saturated carbocycles. The first-order chi connectivity index (χ1) is 14.1. The fourth-order valence-electron chi connectivity index (χ4n) is 4.64. The summed E-state index contributed by atoms with van der Waals surface area (Å²) in [6.07, 6.45) is 6.92. The molecule has 1 saturated heterocycles. The Bertz CT molecular complexity index is 850. The predicted octanol–water partition coefficient (Wildman–Crippen LogP) is 3.81. The molecule has 0 spiro atoms.